The molecule has 0 amide bonds. The summed E-state index contributed by atoms with van der Waals surface area (Å²) in [5, 5.41) is 9.69. The van der Waals surface area contributed by atoms with Crippen LogP contribution in [0.1, 0.15) is 5.69 Å². The SMILES string of the molecule is Cc1csc(=N)n1-c1ccc(Br)nc1. The van der Waals surface area contributed by atoms with Gasteiger partial charge in [0.1, 0.15) is 4.60 Å². The number of hydrogen-bond acceptors (Lipinski definition) is 3. The molecule has 0 aliphatic carbocycles. The molecule has 1 N–H and O–H groups in total. The van der Waals surface area contributed by atoms with Crippen LogP contribution in [-0.4, -0.2) is 9.55 Å². The predicted molar refractivity (Wildman–Crippen MR) is 59.7 cm³/mol. The van der Waals surface area contributed by atoms with E-state index < -0.39 is 0 Å². The first-order valence-electron chi connectivity index (χ1n) is 4.02. The number of nitrogens with zero attached hydrogens (tertiary/aromatic N) is 2. The van der Waals surface area contributed by atoms with E-state index >= 15 is 0 Å². The Labute approximate surface area is 93.7 Å². The molecular weight excluding hydrogens is 262 g/mol. The number of hydrogen-bond donors (Lipinski definition) is 1. The molecule has 2 aromatic heterocycles. The van der Waals surface area contributed by atoms with Crippen LogP contribution in [0.4, 0.5) is 0 Å². The molecule has 2 aromatic rings. The number of rotatable bonds is 1. The first-order valence-corrected chi connectivity index (χ1v) is 5.69. The van der Waals surface area contributed by atoms with Gasteiger partial charge >= 0.3 is 0 Å². The van der Waals surface area contributed by atoms with Gasteiger partial charge in [0.15, 0.2) is 4.80 Å². The fourth-order valence-electron chi connectivity index (χ4n) is 1.23. The Morgan fingerprint density at radius 2 is 2.29 bits per heavy atom. The largest absolute Gasteiger partial charge is 0.289 e. The molecule has 0 aliphatic rings. The summed E-state index contributed by atoms with van der Waals surface area (Å²) >= 11 is 4.70. The molecule has 14 heavy (non-hydrogen) atoms. The molecule has 0 fully saturated rings. The van der Waals surface area contributed by atoms with Gasteiger partial charge in [0, 0.05) is 11.1 Å². The Hall–Kier alpha value is -0.940. The van der Waals surface area contributed by atoms with E-state index in [4.69, 9.17) is 5.41 Å². The molecule has 0 saturated heterocycles. The third-order valence-electron chi connectivity index (χ3n) is 1.87. The average Bonchev–Trinajstić information content (AvgIpc) is 2.49. The van der Waals surface area contributed by atoms with Crippen LogP contribution in [0.2, 0.25) is 0 Å². The second-order valence-electron chi connectivity index (χ2n) is 2.86. The molecule has 2 heterocycles. The van der Waals surface area contributed by atoms with Gasteiger partial charge in [-0.3, -0.25) is 9.98 Å². The highest BCUT2D eigenvalue weighted by atomic mass is 79.9. The molecule has 0 spiro atoms. The van der Waals surface area contributed by atoms with E-state index in [2.05, 4.69) is 20.9 Å². The lowest BCUT2D eigenvalue weighted by atomic mass is 10.4. The maximum atomic E-state index is 7.72. The Kier molecular flexibility index (Phi) is 2.52. The number of halogens is 1. The monoisotopic (exact) mass is 269 g/mol. The lowest BCUT2D eigenvalue weighted by Crippen LogP contribution is -2.12. The highest BCUT2D eigenvalue weighted by Gasteiger charge is 2.02. The molecule has 72 valence electrons. The van der Waals surface area contributed by atoms with Crippen molar-refractivity contribution in [3.05, 3.63) is 38.8 Å². The van der Waals surface area contributed by atoms with Crippen LogP contribution in [-0.2, 0) is 0 Å². The van der Waals surface area contributed by atoms with Crippen molar-refractivity contribution in [2.75, 3.05) is 0 Å². The zero-order chi connectivity index (χ0) is 10.1. The minimum atomic E-state index is 0.520. The summed E-state index contributed by atoms with van der Waals surface area (Å²) in [5.41, 5.74) is 1.99. The van der Waals surface area contributed by atoms with Crippen LogP contribution in [0, 0.1) is 12.3 Å². The zero-order valence-electron chi connectivity index (χ0n) is 7.49. The highest BCUT2D eigenvalue weighted by Crippen LogP contribution is 2.12. The van der Waals surface area contributed by atoms with Crippen molar-refractivity contribution in [1.82, 2.24) is 9.55 Å². The quantitative estimate of drug-likeness (QED) is 0.795. The van der Waals surface area contributed by atoms with E-state index in [1.165, 1.54) is 11.3 Å². The van der Waals surface area contributed by atoms with Gasteiger partial charge in [0.05, 0.1) is 11.9 Å². The summed E-state index contributed by atoms with van der Waals surface area (Å²) < 4.78 is 2.67. The molecule has 0 radical (unpaired) electrons. The lowest BCUT2D eigenvalue weighted by molar-refractivity contribution is 0.924. The van der Waals surface area contributed by atoms with Crippen molar-refractivity contribution in [3.63, 3.8) is 0 Å². The summed E-state index contributed by atoms with van der Waals surface area (Å²) in [6.45, 7) is 1.98. The molecule has 0 saturated carbocycles. The van der Waals surface area contributed by atoms with E-state index in [0.717, 1.165) is 16.0 Å². The highest BCUT2D eigenvalue weighted by molar-refractivity contribution is 9.10. The third kappa shape index (κ3) is 1.65. The van der Waals surface area contributed by atoms with Crippen molar-refractivity contribution in [2.45, 2.75) is 6.92 Å². The second kappa shape index (κ2) is 3.67. The second-order valence-corrected chi connectivity index (χ2v) is 4.53. The molecular formula is C9H8BrN3S. The van der Waals surface area contributed by atoms with E-state index in [0.29, 0.717) is 4.80 Å². The summed E-state index contributed by atoms with van der Waals surface area (Å²) in [4.78, 5) is 4.65. The smallest absolute Gasteiger partial charge is 0.186 e. The fraction of sp³-hybridized carbons (Fsp3) is 0.111. The Morgan fingerprint density at radius 3 is 2.79 bits per heavy atom. The van der Waals surface area contributed by atoms with E-state index in [-0.39, 0.29) is 0 Å². The van der Waals surface area contributed by atoms with Crippen molar-refractivity contribution >= 4 is 27.3 Å². The van der Waals surface area contributed by atoms with Crippen LogP contribution >= 0.6 is 27.3 Å². The number of aryl methyl sites for hydroxylation is 1. The first-order chi connectivity index (χ1) is 6.68. The molecule has 3 nitrogen and oxygen atoms in total. The Balaban J connectivity index is 2.60. The summed E-state index contributed by atoms with van der Waals surface area (Å²) in [5.74, 6) is 0. The minimum Gasteiger partial charge on any atom is -0.289 e. The van der Waals surface area contributed by atoms with Crippen molar-refractivity contribution in [1.29, 1.82) is 5.41 Å². The minimum absolute atomic E-state index is 0.520. The average molecular weight is 270 g/mol. The molecule has 5 heteroatoms. The van der Waals surface area contributed by atoms with Crippen molar-refractivity contribution in [3.8, 4) is 5.69 Å². The predicted octanol–water partition coefficient (Wildman–Crippen LogP) is 2.48. The van der Waals surface area contributed by atoms with Gasteiger partial charge in [0.25, 0.3) is 0 Å². The van der Waals surface area contributed by atoms with Crippen LogP contribution in [0.15, 0.2) is 28.3 Å². The summed E-state index contributed by atoms with van der Waals surface area (Å²) in [7, 11) is 0. The fourth-order valence-corrected chi connectivity index (χ4v) is 2.20. The zero-order valence-corrected chi connectivity index (χ0v) is 9.89. The lowest BCUT2D eigenvalue weighted by Gasteiger charge is -2.04. The van der Waals surface area contributed by atoms with Crippen LogP contribution in [0.5, 0.6) is 0 Å². The number of nitrogens with one attached hydrogen (secondary N) is 1. The number of aromatic nitrogens is 2. The van der Waals surface area contributed by atoms with Gasteiger partial charge < -0.3 is 0 Å². The summed E-state index contributed by atoms with van der Waals surface area (Å²) in [6.07, 6.45) is 1.75. The van der Waals surface area contributed by atoms with Gasteiger partial charge in [-0.15, -0.1) is 11.3 Å². The molecule has 0 bridgehead atoms. The first kappa shape index (κ1) is 9.61. The third-order valence-corrected chi connectivity index (χ3v) is 3.20. The maximum absolute atomic E-state index is 7.72. The van der Waals surface area contributed by atoms with E-state index in [1.54, 1.807) is 6.20 Å². The Bertz CT molecular complexity index is 498. The van der Waals surface area contributed by atoms with Gasteiger partial charge in [0.2, 0.25) is 0 Å². The summed E-state index contributed by atoms with van der Waals surface area (Å²) in [6, 6.07) is 3.81. The van der Waals surface area contributed by atoms with Crippen LogP contribution < -0.4 is 4.80 Å². The number of thiazole rings is 1. The van der Waals surface area contributed by atoms with Gasteiger partial charge in [-0.05, 0) is 35.0 Å². The molecule has 0 unspecified atom stereocenters. The Morgan fingerprint density at radius 1 is 1.50 bits per heavy atom. The van der Waals surface area contributed by atoms with Crippen molar-refractivity contribution in [2.24, 2.45) is 0 Å². The molecule has 0 aromatic carbocycles. The van der Waals surface area contributed by atoms with Gasteiger partial charge in [-0.25, -0.2) is 4.98 Å². The van der Waals surface area contributed by atoms with Gasteiger partial charge in [-0.2, -0.15) is 0 Å². The normalized spacial score (nSPS) is 10.4. The van der Waals surface area contributed by atoms with E-state index in [1.807, 2.05) is 29.0 Å². The van der Waals surface area contributed by atoms with E-state index in [9.17, 15) is 0 Å². The van der Waals surface area contributed by atoms with Crippen LogP contribution in [0.3, 0.4) is 0 Å². The molecule has 0 aliphatic heterocycles. The van der Waals surface area contributed by atoms with Crippen LogP contribution in [0.25, 0.3) is 5.69 Å². The topological polar surface area (TPSA) is 41.7 Å². The van der Waals surface area contributed by atoms with Crippen molar-refractivity contribution < 1.29 is 0 Å². The molecule has 2 rings (SSSR count). The molecule has 0 atom stereocenters. The van der Waals surface area contributed by atoms with Gasteiger partial charge in [-0.1, -0.05) is 0 Å². The maximum Gasteiger partial charge on any atom is 0.186 e. The number of pyridine rings is 1. The standard InChI is InChI=1S/C9H8BrN3S/c1-6-5-14-9(11)13(6)7-2-3-8(10)12-4-7/h2-5,11H,1H3.